The molecule has 1 fully saturated rings. The summed E-state index contributed by atoms with van der Waals surface area (Å²) in [5, 5.41) is 6.86. The van der Waals surface area contributed by atoms with Gasteiger partial charge < -0.3 is 20.1 Å². The number of rotatable bonds is 9. The molecular weight excluding hydrogens is 405 g/mol. The molecule has 0 saturated heterocycles. The van der Waals surface area contributed by atoms with E-state index in [4.69, 9.17) is 9.47 Å². The molecule has 0 bridgehead atoms. The average molecular weight is 441 g/mol. The van der Waals surface area contributed by atoms with Gasteiger partial charge in [0, 0.05) is 40.5 Å². The van der Waals surface area contributed by atoms with Crippen molar-refractivity contribution >= 4 is 29.9 Å². The van der Waals surface area contributed by atoms with E-state index < -0.39 is 0 Å². The van der Waals surface area contributed by atoms with Crippen molar-refractivity contribution in [1.82, 2.24) is 10.6 Å². The molecule has 1 aliphatic carbocycles. The Hall–Kier alpha value is -0.0800. The van der Waals surface area contributed by atoms with Crippen LogP contribution < -0.4 is 10.6 Å². The van der Waals surface area contributed by atoms with E-state index in [1.54, 1.807) is 7.11 Å². The lowest BCUT2D eigenvalue weighted by Crippen LogP contribution is -2.48. The van der Waals surface area contributed by atoms with Gasteiger partial charge in [-0.25, -0.2) is 0 Å². The van der Waals surface area contributed by atoms with Crippen molar-refractivity contribution in [2.45, 2.75) is 58.5 Å². The van der Waals surface area contributed by atoms with Crippen molar-refractivity contribution in [3.8, 4) is 0 Å². The molecule has 2 N–H and O–H groups in total. The van der Waals surface area contributed by atoms with E-state index in [2.05, 4.69) is 36.4 Å². The van der Waals surface area contributed by atoms with Gasteiger partial charge in [0.25, 0.3) is 0 Å². The molecule has 0 aromatic rings. The number of halogens is 1. The van der Waals surface area contributed by atoms with Gasteiger partial charge in [0.1, 0.15) is 0 Å². The van der Waals surface area contributed by atoms with Crippen LogP contribution in [0.3, 0.4) is 0 Å². The molecule has 0 heterocycles. The maximum atomic E-state index is 5.57. The first-order valence-corrected chi connectivity index (χ1v) is 8.54. The monoisotopic (exact) mass is 441 g/mol. The van der Waals surface area contributed by atoms with Crippen LogP contribution in [0, 0.1) is 5.41 Å². The molecule has 1 saturated carbocycles. The molecule has 0 radical (unpaired) electrons. The molecule has 0 aromatic heterocycles. The first-order valence-electron chi connectivity index (χ1n) is 8.54. The summed E-state index contributed by atoms with van der Waals surface area (Å²) in [4.78, 5) is 4.32. The van der Waals surface area contributed by atoms with Crippen LogP contribution in [0.4, 0.5) is 0 Å². The number of aliphatic imine (C=N–C) groups is 1. The lowest BCUT2D eigenvalue weighted by Gasteiger charge is -2.31. The minimum Gasteiger partial charge on any atom is -0.382 e. The summed E-state index contributed by atoms with van der Waals surface area (Å²) >= 11 is 0. The summed E-state index contributed by atoms with van der Waals surface area (Å²) in [7, 11) is 3.55. The minimum absolute atomic E-state index is 0. The highest BCUT2D eigenvalue weighted by atomic mass is 127. The predicted octanol–water partition coefficient (Wildman–Crippen LogP) is 3.18. The molecule has 23 heavy (non-hydrogen) atoms. The van der Waals surface area contributed by atoms with Gasteiger partial charge in [-0.05, 0) is 45.4 Å². The molecule has 1 aliphatic rings. The molecule has 0 aliphatic heterocycles. The van der Waals surface area contributed by atoms with Crippen LogP contribution in [0.5, 0.6) is 0 Å². The Morgan fingerprint density at radius 3 is 2.39 bits per heavy atom. The fourth-order valence-electron chi connectivity index (χ4n) is 2.93. The second-order valence-electron chi connectivity index (χ2n) is 6.90. The van der Waals surface area contributed by atoms with E-state index in [0.29, 0.717) is 5.41 Å². The van der Waals surface area contributed by atoms with Crippen molar-refractivity contribution in [3.63, 3.8) is 0 Å². The predicted molar refractivity (Wildman–Crippen MR) is 108 cm³/mol. The zero-order valence-corrected chi connectivity index (χ0v) is 17.9. The number of nitrogens with zero attached hydrogens (tertiary/aromatic N) is 1. The van der Waals surface area contributed by atoms with E-state index in [0.717, 1.165) is 38.7 Å². The highest BCUT2D eigenvalue weighted by Gasteiger charge is 2.33. The second kappa shape index (κ2) is 11.5. The third kappa shape index (κ3) is 8.54. The second-order valence-corrected chi connectivity index (χ2v) is 6.90. The first-order chi connectivity index (χ1) is 10.5. The lowest BCUT2D eigenvalue weighted by atomic mass is 9.83. The fraction of sp³-hybridized carbons (Fsp3) is 0.941. The summed E-state index contributed by atoms with van der Waals surface area (Å²) in [6.07, 6.45) is 6.36. The Morgan fingerprint density at radius 2 is 1.87 bits per heavy atom. The quantitative estimate of drug-likeness (QED) is 0.250. The third-order valence-electron chi connectivity index (χ3n) is 4.73. The molecule has 0 atom stereocenters. The first kappa shape index (κ1) is 22.9. The Morgan fingerprint density at radius 1 is 1.22 bits per heavy atom. The number of hydrogen-bond acceptors (Lipinski definition) is 3. The standard InChI is InChI=1S/C17H35N3O2.HI/c1-6-22-12-11-17(9-7-8-10-17)14-20-15(18-4)19-13-16(2,3)21-5;/h6-14H2,1-5H3,(H2,18,19,20);1H. The maximum Gasteiger partial charge on any atom is 0.191 e. The molecule has 0 unspecified atom stereocenters. The largest absolute Gasteiger partial charge is 0.382 e. The average Bonchev–Trinajstić information content (AvgIpc) is 2.97. The topological polar surface area (TPSA) is 54.9 Å². The summed E-state index contributed by atoms with van der Waals surface area (Å²) in [6, 6.07) is 0. The van der Waals surface area contributed by atoms with Crippen molar-refractivity contribution in [3.05, 3.63) is 0 Å². The van der Waals surface area contributed by atoms with Crippen LogP contribution in [0.2, 0.25) is 0 Å². The Bertz CT molecular complexity index is 343. The van der Waals surface area contributed by atoms with Gasteiger partial charge in [-0.15, -0.1) is 24.0 Å². The Balaban J connectivity index is 0.00000484. The number of ether oxygens (including phenoxy) is 2. The van der Waals surface area contributed by atoms with Crippen LogP contribution in [0.1, 0.15) is 52.9 Å². The van der Waals surface area contributed by atoms with Gasteiger partial charge in [-0.2, -0.15) is 0 Å². The minimum atomic E-state index is -0.197. The van der Waals surface area contributed by atoms with Crippen LogP contribution in [0.15, 0.2) is 4.99 Å². The molecule has 0 amide bonds. The summed E-state index contributed by atoms with van der Waals surface area (Å²) < 4.78 is 11.0. The number of hydrogen-bond donors (Lipinski definition) is 2. The third-order valence-corrected chi connectivity index (χ3v) is 4.73. The molecule has 0 aromatic carbocycles. The van der Waals surface area contributed by atoms with Crippen molar-refractivity contribution in [2.75, 3.05) is 40.5 Å². The summed E-state index contributed by atoms with van der Waals surface area (Å²) in [5.41, 5.74) is 0.168. The SMILES string of the molecule is CCOCCC1(CNC(=NC)NCC(C)(C)OC)CCCC1.I. The van der Waals surface area contributed by atoms with E-state index in [-0.39, 0.29) is 29.6 Å². The lowest BCUT2D eigenvalue weighted by molar-refractivity contribution is 0.0268. The van der Waals surface area contributed by atoms with Crippen LogP contribution in [0.25, 0.3) is 0 Å². The van der Waals surface area contributed by atoms with Crippen molar-refractivity contribution in [1.29, 1.82) is 0 Å². The normalized spacial score (nSPS) is 17.7. The Labute approximate surface area is 159 Å². The summed E-state index contributed by atoms with van der Waals surface area (Å²) in [6.45, 7) is 9.55. The van der Waals surface area contributed by atoms with Crippen LogP contribution >= 0.6 is 24.0 Å². The molecule has 138 valence electrons. The Kier molecular flexibility index (Phi) is 11.4. The maximum absolute atomic E-state index is 5.57. The zero-order chi connectivity index (χ0) is 16.5. The van der Waals surface area contributed by atoms with E-state index >= 15 is 0 Å². The van der Waals surface area contributed by atoms with Gasteiger partial charge >= 0.3 is 0 Å². The highest BCUT2D eigenvalue weighted by Crippen LogP contribution is 2.40. The van der Waals surface area contributed by atoms with E-state index in [9.17, 15) is 0 Å². The number of guanidine groups is 1. The zero-order valence-electron chi connectivity index (χ0n) is 15.5. The van der Waals surface area contributed by atoms with E-state index in [1.807, 2.05) is 7.05 Å². The fourth-order valence-corrected chi connectivity index (χ4v) is 2.93. The van der Waals surface area contributed by atoms with Gasteiger partial charge in [-0.1, -0.05) is 12.8 Å². The van der Waals surface area contributed by atoms with Crippen molar-refractivity contribution < 1.29 is 9.47 Å². The van der Waals surface area contributed by atoms with Crippen LogP contribution in [-0.4, -0.2) is 52.0 Å². The van der Waals surface area contributed by atoms with Crippen LogP contribution in [-0.2, 0) is 9.47 Å². The molecule has 5 nitrogen and oxygen atoms in total. The van der Waals surface area contributed by atoms with Gasteiger partial charge in [0.05, 0.1) is 5.60 Å². The molecule has 1 rings (SSSR count). The smallest absolute Gasteiger partial charge is 0.191 e. The van der Waals surface area contributed by atoms with Gasteiger partial charge in [-0.3, -0.25) is 4.99 Å². The number of nitrogens with one attached hydrogen (secondary N) is 2. The number of methoxy groups -OCH3 is 1. The van der Waals surface area contributed by atoms with Crippen molar-refractivity contribution in [2.24, 2.45) is 10.4 Å². The molecular formula is C17H36IN3O2. The summed E-state index contributed by atoms with van der Waals surface area (Å²) in [5.74, 6) is 0.854. The van der Waals surface area contributed by atoms with Gasteiger partial charge in [0.15, 0.2) is 5.96 Å². The van der Waals surface area contributed by atoms with Gasteiger partial charge in [0.2, 0.25) is 0 Å². The highest BCUT2D eigenvalue weighted by molar-refractivity contribution is 14.0. The molecule has 0 spiro atoms. The molecule has 6 heteroatoms. The van der Waals surface area contributed by atoms with E-state index in [1.165, 1.54) is 25.7 Å².